The molecule has 0 aliphatic carbocycles. The lowest BCUT2D eigenvalue weighted by Crippen LogP contribution is -2.14. The van der Waals surface area contributed by atoms with Gasteiger partial charge in [-0.15, -0.1) is 0 Å². The predicted octanol–water partition coefficient (Wildman–Crippen LogP) is 3.41. The molecule has 2 aromatic carbocycles. The zero-order chi connectivity index (χ0) is 16.2. The molecule has 0 atom stereocenters. The molecule has 0 bridgehead atoms. The number of hydrogen-bond donors (Lipinski definition) is 1. The van der Waals surface area contributed by atoms with E-state index in [2.05, 4.69) is 4.72 Å². The molecule has 0 aromatic heterocycles. The first kappa shape index (κ1) is 16.2. The van der Waals surface area contributed by atoms with Gasteiger partial charge in [0.2, 0.25) is 5.24 Å². The van der Waals surface area contributed by atoms with Crippen LogP contribution >= 0.6 is 11.6 Å². The average molecular weight is 340 g/mol. The normalized spacial score (nSPS) is 11.5. The Morgan fingerprint density at radius 2 is 1.86 bits per heavy atom. The molecule has 7 heteroatoms. The molecule has 0 fully saturated rings. The van der Waals surface area contributed by atoms with Gasteiger partial charge in [-0.1, -0.05) is 30.3 Å². The fraction of sp³-hybridized carbons (Fsp3) is 0. The van der Waals surface area contributed by atoms with Crippen LogP contribution in [0.1, 0.15) is 5.56 Å². The van der Waals surface area contributed by atoms with Crippen molar-refractivity contribution < 1.29 is 17.6 Å². The van der Waals surface area contributed by atoms with Crippen LogP contribution in [0, 0.1) is 5.82 Å². The van der Waals surface area contributed by atoms with Gasteiger partial charge in [-0.3, -0.25) is 9.52 Å². The van der Waals surface area contributed by atoms with Crippen molar-refractivity contribution in [3.8, 4) is 0 Å². The third kappa shape index (κ3) is 4.16. The van der Waals surface area contributed by atoms with Crippen molar-refractivity contribution in [2.24, 2.45) is 0 Å². The highest BCUT2D eigenvalue weighted by atomic mass is 35.5. The van der Waals surface area contributed by atoms with Crippen LogP contribution in [0.25, 0.3) is 6.08 Å². The summed E-state index contributed by atoms with van der Waals surface area (Å²) in [6.45, 7) is 0. The van der Waals surface area contributed by atoms with Gasteiger partial charge in [0.05, 0.1) is 10.6 Å². The van der Waals surface area contributed by atoms with Crippen LogP contribution in [0.3, 0.4) is 0 Å². The van der Waals surface area contributed by atoms with Gasteiger partial charge in [0, 0.05) is 0 Å². The highest BCUT2D eigenvalue weighted by Crippen LogP contribution is 2.20. The Labute approximate surface area is 132 Å². The van der Waals surface area contributed by atoms with Gasteiger partial charge < -0.3 is 0 Å². The molecule has 1 N–H and O–H groups in total. The lowest BCUT2D eigenvalue weighted by Gasteiger charge is -2.09. The number of para-hydroxylation sites is 1. The Morgan fingerprint density at radius 3 is 2.55 bits per heavy atom. The Hall–Kier alpha value is -2.18. The summed E-state index contributed by atoms with van der Waals surface area (Å²) in [5.41, 5.74) is 0.338. The molecule has 22 heavy (non-hydrogen) atoms. The van der Waals surface area contributed by atoms with Gasteiger partial charge in [-0.05, 0) is 47.5 Å². The molecule has 0 aliphatic heterocycles. The maximum absolute atomic E-state index is 13.5. The monoisotopic (exact) mass is 339 g/mol. The third-order valence-electron chi connectivity index (χ3n) is 2.69. The van der Waals surface area contributed by atoms with Crippen molar-refractivity contribution in [2.45, 2.75) is 4.90 Å². The van der Waals surface area contributed by atoms with Gasteiger partial charge in [0.25, 0.3) is 10.0 Å². The second kappa shape index (κ2) is 6.72. The van der Waals surface area contributed by atoms with E-state index in [4.69, 9.17) is 11.6 Å². The number of sulfonamides is 1. The second-order valence-corrected chi connectivity index (χ2v) is 6.35. The zero-order valence-corrected chi connectivity index (χ0v) is 12.7. The molecule has 0 aliphatic rings. The summed E-state index contributed by atoms with van der Waals surface area (Å²) in [6, 6.07) is 11.3. The van der Waals surface area contributed by atoms with Gasteiger partial charge in [-0.25, -0.2) is 12.8 Å². The third-order valence-corrected chi connectivity index (χ3v) is 4.18. The van der Waals surface area contributed by atoms with Crippen molar-refractivity contribution in [1.82, 2.24) is 0 Å². The maximum atomic E-state index is 13.5. The van der Waals surface area contributed by atoms with E-state index >= 15 is 0 Å². The van der Waals surface area contributed by atoms with Crippen molar-refractivity contribution in [3.05, 3.63) is 66.0 Å². The molecule has 0 saturated heterocycles. The summed E-state index contributed by atoms with van der Waals surface area (Å²) in [4.78, 5) is 10.6. The summed E-state index contributed by atoms with van der Waals surface area (Å²) in [5.74, 6) is -0.671. The fourth-order valence-corrected chi connectivity index (χ4v) is 2.88. The predicted molar refractivity (Wildman–Crippen MR) is 83.5 cm³/mol. The van der Waals surface area contributed by atoms with E-state index in [0.717, 1.165) is 12.1 Å². The quantitative estimate of drug-likeness (QED) is 0.670. The molecule has 0 unspecified atom stereocenters. The SMILES string of the molecule is O=C(Cl)/C=C/c1cccc(S(=O)(=O)Nc2ccccc2F)c1. The number of nitrogens with one attached hydrogen (secondary N) is 1. The van der Waals surface area contributed by atoms with Gasteiger partial charge in [0.1, 0.15) is 5.82 Å². The largest absolute Gasteiger partial charge is 0.277 e. The molecule has 2 aromatic rings. The summed E-state index contributed by atoms with van der Waals surface area (Å²) < 4.78 is 40.2. The van der Waals surface area contributed by atoms with Gasteiger partial charge in [0.15, 0.2) is 0 Å². The average Bonchev–Trinajstić information content (AvgIpc) is 2.48. The highest BCUT2D eigenvalue weighted by Gasteiger charge is 2.16. The van der Waals surface area contributed by atoms with Crippen molar-refractivity contribution in [1.29, 1.82) is 0 Å². The Morgan fingerprint density at radius 1 is 1.14 bits per heavy atom. The van der Waals surface area contributed by atoms with E-state index < -0.39 is 21.1 Å². The van der Waals surface area contributed by atoms with Crippen LogP contribution in [-0.4, -0.2) is 13.7 Å². The summed E-state index contributed by atoms with van der Waals surface area (Å²) in [7, 11) is -3.94. The summed E-state index contributed by atoms with van der Waals surface area (Å²) in [5, 5.41) is -0.669. The van der Waals surface area contributed by atoms with Crippen LogP contribution in [0.5, 0.6) is 0 Å². The minimum absolute atomic E-state index is 0.0556. The topological polar surface area (TPSA) is 63.2 Å². The Kier molecular flexibility index (Phi) is 4.95. The molecule has 0 amide bonds. The van der Waals surface area contributed by atoms with Crippen LogP contribution in [-0.2, 0) is 14.8 Å². The minimum Gasteiger partial charge on any atom is -0.277 e. The van der Waals surface area contributed by atoms with Crippen LogP contribution in [0.2, 0.25) is 0 Å². The standard InChI is InChI=1S/C15H11ClFNO3S/c16-15(19)9-8-11-4-3-5-12(10-11)22(20,21)18-14-7-2-1-6-13(14)17/h1-10,18H/b9-8+. The Balaban J connectivity index is 2.32. The molecule has 0 heterocycles. The number of benzene rings is 2. The van der Waals surface area contributed by atoms with Crippen LogP contribution in [0.4, 0.5) is 10.1 Å². The van der Waals surface area contributed by atoms with Crippen molar-refractivity contribution in [2.75, 3.05) is 4.72 Å². The van der Waals surface area contributed by atoms with E-state index in [-0.39, 0.29) is 10.6 Å². The molecule has 2 rings (SSSR count). The summed E-state index contributed by atoms with van der Waals surface area (Å²) in [6.07, 6.45) is 2.50. The number of anilines is 1. The fourth-order valence-electron chi connectivity index (χ4n) is 1.69. The number of carbonyl (C=O) groups is 1. The lowest BCUT2D eigenvalue weighted by molar-refractivity contribution is -0.107. The van der Waals surface area contributed by atoms with Gasteiger partial charge in [-0.2, -0.15) is 0 Å². The van der Waals surface area contributed by atoms with Crippen LogP contribution in [0.15, 0.2) is 59.5 Å². The molecule has 0 spiro atoms. The number of rotatable bonds is 5. The van der Waals surface area contributed by atoms with Crippen molar-refractivity contribution >= 4 is 38.6 Å². The van der Waals surface area contributed by atoms with E-state index in [1.165, 1.54) is 42.5 Å². The highest BCUT2D eigenvalue weighted by molar-refractivity contribution is 7.92. The van der Waals surface area contributed by atoms with Crippen LogP contribution < -0.4 is 4.72 Å². The number of allylic oxidation sites excluding steroid dienone is 1. The first-order chi connectivity index (χ1) is 10.4. The number of hydrogen-bond acceptors (Lipinski definition) is 3. The Bertz CT molecular complexity index is 834. The molecule has 0 saturated carbocycles. The first-order valence-corrected chi connectivity index (χ1v) is 7.99. The van der Waals surface area contributed by atoms with Crippen molar-refractivity contribution in [3.63, 3.8) is 0 Å². The number of carbonyl (C=O) groups excluding carboxylic acids is 1. The maximum Gasteiger partial charge on any atom is 0.262 e. The molecule has 0 radical (unpaired) electrons. The zero-order valence-electron chi connectivity index (χ0n) is 11.2. The van der Waals surface area contributed by atoms with E-state index in [9.17, 15) is 17.6 Å². The second-order valence-electron chi connectivity index (χ2n) is 4.30. The minimum atomic E-state index is -3.94. The van der Waals surface area contributed by atoms with Gasteiger partial charge >= 0.3 is 0 Å². The van der Waals surface area contributed by atoms with E-state index in [1.807, 2.05) is 0 Å². The lowest BCUT2D eigenvalue weighted by atomic mass is 10.2. The molecule has 4 nitrogen and oxygen atoms in total. The smallest absolute Gasteiger partial charge is 0.262 e. The molecular weight excluding hydrogens is 329 g/mol. The van der Waals surface area contributed by atoms with E-state index in [1.54, 1.807) is 6.07 Å². The molecular formula is C15H11ClFNO3S. The molecule has 114 valence electrons. The number of halogens is 2. The summed E-state index contributed by atoms with van der Waals surface area (Å²) >= 11 is 5.18. The van der Waals surface area contributed by atoms with E-state index in [0.29, 0.717) is 5.56 Å². The first-order valence-electron chi connectivity index (χ1n) is 6.13.